The van der Waals surface area contributed by atoms with E-state index < -0.39 is 25.8 Å². The Balaban J connectivity index is -0.0000000270. The zero-order valence-corrected chi connectivity index (χ0v) is 16.3. The van der Waals surface area contributed by atoms with Gasteiger partial charge in [-0.15, -0.1) is 0 Å². The van der Waals surface area contributed by atoms with Crippen LogP contribution in [0.15, 0.2) is 0 Å². The van der Waals surface area contributed by atoms with Gasteiger partial charge >= 0.3 is 25.8 Å². The Bertz CT molecular complexity index is 46.5. The average molecular weight is 324 g/mol. The molecule has 0 rings (SSSR count). The summed E-state index contributed by atoms with van der Waals surface area (Å²) in [6.07, 6.45) is 0. The molecule has 0 spiro atoms. The van der Waals surface area contributed by atoms with Gasteiger partial charge in [-0.3, -0.25) is 0 Å². The Morgan fingerprint density at radius 3 is 0.357 bits per heavy atom. The number of hydrogen-bond acceptors (Lipinski definition) is 9. The summed E-state index contributed by atoms with van der Waals surface area (Å²) in [4.78, 5) is 65.1. The van der Waals surface area contributed by atoms with Crippen LogP contribution in [0.1, 0.15) is 0 Å². The van der Waals surface area contributed by atoms with Crippen LogP contribution in [0.5, 0.6) is 0 Å². The summed E-state index contributed by atoms with van der Waals surface area (Å²) >= 11 is 0. The van der Waals surface area contributed by atoms with Crippen LogP contribution < -0.4 is 0 Å². The topological polar surface area (TPSA) is 182 Å². The third kappa shape index (κ3) is 212. The van der Waals surface area contributed by atoms with Gasteiger partial charge in [0.1, 0.15) is 0 Å². The van der Waals surface area contributed by atoms with E-state index in [1.54, 1.807) is 0 Å². The van der Waals surface area contributed by atoms with E-state index in [1.807, 2.05) is 0 Å². The fourth-order valence-corrected chi connectivity index (χ4v) is 0. The smallest absolute Gasteiger partial charge is 0.324 e. The van der Waals surface area contributed by atoms with Crippen LogP contribution in [0.4, 0.5) is 0 Å². The molecule has 2 radical (unpaired) electrons. The standard InChI is InChI=1S/2K.3H3O3P/c;;3*1-4(2)3/h;;3*1-3H. The zero-order chi connectivity index (χ0) is 10.7. The monoisotopic (exact) mass is 324 g/mol. The summed E-state index contributed by atoms with van der Waals surface area (Å²) in [6.45, 7) is 0. The van der Waals surface area contributed by atoms with Gasteiger partial charge < -0.3 is 44.0 Å². The van der Waals surface area contributed by atoms with Gasteiger partial charge in [-0.1, -0.05) is 0 Å². The van der Waals surface area contributed by atoms with E-state index in [-0.39, 0.29) is 103 Å². The quantitative estimate of drug-likeness (QED) is 0.164. The molecule has 0 aliphatic rings. The van der Waals surface area contributed by atoms with Crippen molar-refractivity contribution >= 4 is 129 Å². The molecule has 14 heteroatoms. The normalized spacial score (nSPS) is 7.71. The van der Waals surface area contributed by atoms with Crippen molar-refractivity contribution in [3.63, 3.8) is 0 Å². The first-order valence-electron chi connectivity index (χ1n) is 1.80. The first-order valence-corrected chi connectivity index (χ1v) is 5.40. The van der Waals surface area contributed by atoms with Crippen molar-refractivity contribution in [1.29, 1.82) is 0 Å². The fourth-order valence-electron chi connectivity index (χ4n) is 0. The molecule has 0 heterocycles. The van der Waals surface area contributed by atoms with Crippen LogP contribution in [0.2, 0.25) is 0 Å². The average Bonchev–Trinajstić information content (AvgIpc) is 1.54. The van der Waals surface area contributed by atoms with Crippen molar-refractivity contribution in [1.82, 2.24) is 0 Å². The SMILES string of the molecule is OP(O)O.OP(O)O.OP(O)O.[K].[K]. The molecule has 0 aromatic rings. The van der Waals surface area contributed by atoms with Crippen molar-refractivity contribution in [2.75, 3.05) is 0 Å². The maximum Gasteiger partial charge on any atom is 0.324 e. The molecule has 0 saturated heterocycles. The van der Waals surface area contributed by atoms with Crippen LogP contribution in [-0.2, 0) is 0 Å². The summed E-state index contributed by atoms with van der Waals surface area (Å²) in [7, 11) is -7.86. The summed E-state index contributed by atoms with van der Waals surface area (Å²) in [6, 6.07) is 0. The van der Waals surface area contributed by atoms with Crippen LogP contribution in [-0.4, -0.2) is 147 Å². The molecule has 0 aromatic heterocycles. The van der Waals surface area contributed by atoms with Gasteiger partial charge in [0.05, 0.1) is 0 Å². The van der Waals surface area contributed by atoms with E-state index >= 15 is 0 Å². The van der Waals surface area contributed by atoms with Gasteiger partial charge in [-0.05, 0) is 0 Å². The Hall–Kier alpha value is 4.20. The molecule has 0 atom stereocenters. The van der Waals surface area contributed by atoms with Crippen LogP contribution in [0.3, 0.4) is 0 Å². The minimum atomic E-state index is -2.62. The summed E-state index contributed by atoms with van der Waals surface area (Å²) in [5, 5.41) is 0. The fraction of sp³-hybridized carbons (Fsp3) is 0. The maximum atomic E-state index is 7.23. The van der Waals surface area contributed by atoms with Crippen molar-refractivity contribution in [2.24, 2.45) is 0 Å². The molecule has 0 aliphatic carbocycles. The predicted octanol–water partition coefficient (Wildman–Crippen LogP) is -3.19. The maximum absolute atomic E-state index is 7.23. The van der Waals surface area contributed by atoms with E-state index in [0.29, 0.717) is 0 Å². The van der Waals surface area contributed by atoms with Crippen molar-refractivity contribution in [3.8, 4) is 0 Å². The molecule has 0 aliphatic heterocycles. The van der Waals surface area contributed by atoms with Gasteiger partial charge in [-0.25, -0.2) is 0 Å². The molecular weight excluding hydrogens is 315 g/mol. The molecule has 0 amide bonds. The van der Waals surface area contributed by atoms with E-state index in [2.05, 4.69) is 0 Å². The molecular formula is H9K2O9P3. The van der Waals surface area contributed by atoms with Gasteiger partial charge in [0.15, 0.2) is 0 Å². The second-order valence-corrected chi connectivity index (χ2v) is 2.41. The summed E-state index contributed by atoms with van der Waals surface area (Å²) < 4.78 is 0. The third-order valence-corrected chi connectivity index (χ3v) is 0. The van der Waals surface area contributed by atoms with E-state index in [0.717, 1.165) is 0 Å². The Kier molecular flexibility index (Phi) is 57.2. The van der Waals surface area contributed by atoms with E-state index in [9.17, 15) is 0 Å². The molecule has 0 fully saturated rings. The molecule has 0 aromatic carbocycles. The number of hydrogen-bond donors (Lipinski definition) is 9. The predicted molar refractivity (Wildman–Crippen MR) is 52.2 cm³/mol. The van der Waals surface area contributed by atoms with Gasteiger partial charge in [0.25, 0.3) is 0 Å². The second-order valence-electron chi connectivity index (χ2n) is 0.805. The van der Waals surface area contributed by atoms with Gasteiger partial charge in [-0.2, -0.15) is 0 Å². The minimum Gasteiger partial charge on any atom is -0.328 e. The van der Waals surface area contributed by atoms with Crippen molar-refractivity contribution < 1.29 is 44.0 Å². The molecule has 0 saturated carbocycles. The second kappa shape index (κ2) is 25.9. The van der Waals surface area contributed by atoms with E-state index in [4.69, 9.17) is 44.0 Å². The van der Waals surface area contributed by atoms with Gasteiger partial charge in [0.2, 0.25) is 0 Å². The summed E-state index contributed by atoms with van der Waals surface area (Å²) in [5.74, 6) is 0. The first kappa shape index (κ1) is 30.9. The summed E-state index contributed by atoms with van der Waals surface area (Å²) in [5.41, 5.74) is 0. The first-order chi connectivity index (χ1) is 5.20. The largest absolute Gasteiger partial charge is 0.328 e. The number of rotatable bonds is 0. The van der Waals surface area contributed by atoms with Crippen LogP contribution in [0, 0.1) is 0 Å². The van der Waals surface area contributed by atoms with Crippen LogP contribution >= 0.6 is 25.8 Å². The van der Waals surface area contributed by atoms with E-state index in [1.165, 1.54) is 0 Å². The minimum absolute atomic E-state index is 0. The van der Waals surface area contributed by atoms with Gasteiger partial charge in [0, 0.05) is 103 Å². The molecule has 14 heavy (non-hydrogen) atoms. The van der Waals surface area contributed by atoms with Crippen molar-refractivity contribution in [3.05, 3.63) is 0 Å². The Morgan fingerprint density at radius 1 is 0.357 bits per heavy atom. The Labute approximate surface area is 169 Å². The molecule has 0 unspecified atom stereocenters. The van der Waals surface area contributed by atoms with Crippen molar-refractivity contribution in [2.45, 2.75) is 0 Å². The van der Waals surface area contributed by atoms with Crippen LogP contribution in [0.25, 0.3) is 0 Å². The molecule has 9 nitrogen and oxygen atoms in total. The Morgan fingerprint density at radius 2 is 0.357 bits per heavy atom. The molecule has 80 valence electrons. The zero-order valence-electron chi connectivity index (χ0n) is 7.37. The molecule has 9 N–H and O–H groups in total. The molecule has 0 bridgehead atoms. The third-order valence-electron chi connectivity index (χ3n) is 0.